The van der Waals surface area contributed by atoms with Gasteiger partial charge in [-0.2, -0.15) is 0 Å². The summed E-state index contributed by atoms with van der Waals surface area (Å²) in [6.07, 6.45) is -0.430. The second kappa shape index (κ2) is 9.04. The number of thiazole rings is 1. The van der Waals surface area contributed by atoms with Crippen LogP contribution in [0.15, 0.2) is 21.8 Å². The maximum absolute atomic E-state index is 12.9. The Morgan fingerprint density at radius 2 is 2.22 bits per heavy atom. The summed E-state index contributed by atoms with van der Waals surface area (Å²) < 4.78 is 5.16. The molecule has 13 nitrogen and oxygen atoms in total. The Balaban J connectivity index is 1.86. The first-order valence-electron chi connectivity index (χ1n) is 9.04. The molecule has 0 saturated carbocycles. The molecule has 1 aromatic rings. The van der Waals surface area contributed by atoms with Crippen LogP contribution in [0.4, 0.5) is 5.13 Å². The van der Waals surface area contributed by atoms with E-state index in [0.29, 0.717) is 11.3 Å². The molecule has 1 aromatic heterocycles. The van der Waals surface area contributed by atoms with Crippen molar-refractivity contribution >= 4 is 57.8 Å². The lowest BCUT2D eigenvalue weighted by Crippen LogP contribution is -2.62. The molecule has 0 fully saturated rings. The van der Waals surface area contributed by atoms with Gasteiger partial charge >= 0.3 is 17.9 Å². The molecule has 32 heavy (non-hydrogen) atoms. The number of nitrogens with zero attached hydrogens (tertiary/aromatic N) is 2. The van der Waals surface area contributed by atoms with Crippen molar-refractivity contribution in [2.75, 3.05) is 18.1 Å². The lowest BCUT2D eigenvalue weighted by atomic mass is 10.1. The highest BCUT2D eigenvalue weighted by atomic mass is 32.2. The number of esters is 1. The monoisotopic (exact) mass is 485 g/mol. The van der Waals surface area contributed by atoms with Gasteiger partial charge < -0.3 is 36.2 Å². The number of carbonyl (C=O) groups is 4. The predicted octanol–water partition coefficient (Wildman–Crippen LogP) is -0.648. The highest BCUT2D eigenvalue weighted by Crippen LogP contribution is 2.38. The van der Waals surface area contributed by atoms with Gasteiger partial charge in [0.25, 0.3) is 5.91 Å². The number of aromatic nitrogens is 1. The van der Waals surface area contributed by atoms with Crippen molar-refractivity contribution < 1.29 is 39.0 Å². The minimum absolute atomic E-state index is 0.0212. The number of carboxylic acid groups (broad SMARTS) is 2. The van der Waals surface area contributed by atoms with Crippen LogP contribution in [0.2, 0.25) is 0 Å². The number of rotatable bonds is 8. The Bertz CT molecular complexity index is 1040. The molecule has 172 valence electrons. The Labute approximate surface area is 189 Å². The fourth-order valence-electron chi connectivity index (χ4n) is 3.00. The quantitative estimate of drug-likeness (QED) is 0.177. The molecule has 3 heterocycles. The van der Waals surface area contributed by atoms with Gasteiger partial charge in [0.1, 0.15) is 22.4 Å². The maximum Gasteiger partial charge on any atom is 0.355 e. The summed E-state index contributed by atoms with van der Waals surface area (Å²) >= 11 is 2.18. The van der Waals surface area contributed by atoms with Gasteiger partial charge in [0.05, 0.1) is 0 Å². The van der Waals surface area contributed by atoms with E-state index in [1.807, 2.05) is 0 Å². The molecular formula is C17H19N5O8S2. The molecule has 15 heteroatoms. The van der Waals surface area contributed by atoms with Gasteiger partial charge in [-0.1, -0.05) is 5.16 Å². The average Bonchev–Trinajstić information content (AvgIpc) is 3.25. The van der Waals surface area contributed by atoms with E-state index in [4.69, 9.17) is 15.6 Å². The van der Waals surface area contributed by atoms with Gasteiger partial charge in [0.15, 0.2) is 16.9 Å². The number of carbonyl (C=O) groups excluding carboxylic acids is 2. The van der Waals surface area contributed by atoms with Crippen LogP contribution in [0.1, 0.15) is 19.5 Å². The number of hydrogen-bond acceptors (Lipinski definition) is 12. The third kappa shape index (κ3) is 4.77. The normalized spacial score (nSPS) is 23.6. The van der Waals surface area contributed by atoms with Crippen LogP contribution in [-0.2, 0) is 28.8 Å². The van der Waals surface area contributed by atoms with Crippen molar-refractivity contribution in [3.63, 3.8) is 0 Å². The summed E-state index contributed by atoms with van der Waals surface area (Å²) in [5.74, 6) is -3.98. The molecule has 0 saturated heterocycles. The maximum atomic E-state index is 12.9. The van der Waals surface area contributed by atoms with E-state index < -0.39 is 53.2 Å². The van der Waals surface area contributed by atoms with Crippen molar-refractivity contribution in [1.29, 1.82) is 0 Å². The van der Waals surface area contributed by atoms with Crippen LogP contribution in [0, 0.1) is 0 Å². The third-order valence-corrected chi connectivity index (χ3v) is 6.66. The van der Waals surface area contributed by atoms with Crippen molar-refractivity contribution in [2.24, 2.45) is 5.16 Å². The first-order valence-corrected chi connectivity index (χ1v) is 10.9. The minimum Gasteiger partial charge on any atom is -0.480 e. The van der Waals surface area contributed by atoms with Crippen LogP contribution < -0.4 is 16.4 Å². The number of aliphatic carboxylic acids is 2. The van der Waals surface area contributed by atoms with Gasteiger partial charge in [-0.05, 0) is 13.8 Å². The van der Waals surface area contributed by atoms with Gasteiger partial charge in [0.2, 0.25) is 6.61 Å². The van der Waals surface area contributed by atoms with Crippen molar-refractivity contribution in [3.8, 4) is 0 Å². The van der Waals surface area contributed by atoms with E-state index in [-0.39, 0.29) is 16.5 Å². The highest BCUT2D eigenvalue weighted by molar-refractivity contribution is 8.00. The first kappa shape index (κ1) is 23.3. The Hall–Kier alpha value is -3.33. The molecule has 0 aliphatic carbocycles. The lowest BCUT2D eigenvalue weighted by molar-refractivity contribution is -0.143. The molecule has 0 aromatic carbocycles. The number of hydrogen-bond donors (Lipinski definition) is 5. The summed E-state index contributed by atoms with van der Waals surface area (Å²) in [4.78, 5) is 55.0. The molecule has 3 rings (SSSR count). The van der Waals surface area contributed by atoms with Crippen molar-refractivity contribution in [1.82, 2.24) is 15.6 Å². The minimum atomic E-state index is -1.53. The van der Waals surface area contributed by atoms with E-state index in [2.05, 4.69) is 25.6 Å². The number of amides is 1. The first-order chi connectivity index (χ1) is 15.0. The van der Waals surface area contributed by atoms with Crippen LogP contribution in [0.5, 0.6) is 0 Å². The molecule has 0 radical (unpaired) electrons. The number of oxime groups is 1. The van der Waals surface area contributed by atoms with E-state index in [0.717, 1.165) is 11.3 Å². The molecule has 3 atom stereocenters. The molecule has 6 N–H and O–H groups in total. The molecule has 0 bridgehead atoms. The fraction of sp³-hybridized carbons (Fsp3) is 0.412. The second-order valence-corrected chi connectivity index (χ2v) is 9.21. The standard InChI is InChI=1S/C17H19N5O8S2/c1-6-7-4-32-17(2,21-10(7)15(28)30-6)12(14(26)27)20-13(25)11(22-29-3-9(23)24)8-5-31-16(18)19-8/h5-6,12,21H,3-4H2,1-2H3,(H2,18,19)(H,20,25)(H,23,24)(H,26,27)/b22-11-/t6-,12+,17+/m0/s1. The number of carboxylic acids is 2. The lowest BCUT2D eigenvalue weighted by Gasteiger charge is -2.39. The number of thioether (sulfide) groups is 1. The fourth-order valence-corrected chi connectivity index (χ4v) is 4.88. The van der Waals surface area contributed by atoms with E-state index in [9.17, 15) is 24.3 Å². The highest BCUT2D eigenvalue weighted by Gasteiger charge is 2.48. The SMILES string of the molecule is C[C@@H]1OC(=O)C2=C1CS[C@](C)([C@H](NC(=O)/C(=N\OCC(=O)O)c1csc(N)n1)C(=O)O)N2. The number of nitrogens with two attached hydrogens (primary N) is 1. The zero-order chi connectivity index (χ0) is 23.6. The summed E-state index contributed by atoms with van der Waals surface area (Å²) in [5, 5.41) is 28.8. The van der Waals surface area contributed by atoms with Crippen LogP contribution >= 0.6 is 23.1 Å². The molecule has 1 amide bonds. The second-order valence-electron chi connectivity index (χ2n) is 6.89. The van der Waals surface area contributed by atoms with E-state index in [1.54, 1.807) is 6.92 Å². The Kier molecular flexibility index (Phi) is 6.59. The van der Waals surface area contributed by atoms with Crippen molar-refractivity contribution in [2.45, 2.75) is 30.9 Å². The van der Waals surface area contributed by atoms with Gasteiger partial charge in [-0.25, -0.2) is 19.4 Å². The largest absolute Gasteiger partial charge is 0.480 e. The number of anilines is 1. The van der Waals surface area contributed by atoms with Gasteiger partial charge in [-0.15, -0.1) is 23.1 Å². The van der Waals surface area contributed by atoms with Crippen molar-refractivity contribution in [3.05, 3.63) is 22.3 Å². The van der Waals surface area contributed by atoms with Gasteiger partial charge in [0, 0.05) is 16.7 Å². The van der Waals surface area contributed by atoms with Crippen LogP contribution in [0.3, 0.4) is 0 Å². The zero-order valence-corrected chi connectivity index (χ0v) is 18.4. The van der Waals surface area contributed by atoms with Crippen LogP contribution in [-0.4, -0.2) is 74.1 Å². The summed E-state index contributed by atoms with van der Waals surface area (Å²) in [5.41, 5.74) is 5.98. The molecular weight excluding hydrogens is 466 g/mol. The predicted molar refractivity (Wildman–Crippen MR) is 113 cm³/mol. The smallest absolute Gasteiger partial charge is 0.355 e. The molecule has 0 spiro atoms. The molecule has 2 aliphatic rings. The Morgan fingerprint density at radius 3 is 2.81 bits per heavy atom. The summed E-state index contributed by atoms with van der Waals surface area (Å²) in [7, 11) is 0. The molecule has 0 unspecified atom stereocenters. The number of nitrogens with one attached hydrogen (secondary N) is 2. The van der Waals surface area contributed by atoms with E-state index >= 15 is 0 Å². The average molecular weight is 486 g/mol. The number of ether oxygens (including phenoxy) is 1. The zero-order valence-electron chi connectivity index (χ0n) is 16.8. The Morgan fingerprint density at radius 1 is 1.50 bits per heavy atom. The van der Waals surface area contributed by atoms with Crippen LogP contribution in [0.25, 0.3) is 0 Å². The van der Waals surface area contributed by atoms with Gasteiger partial charge in [-0.3, -0.25) is 4.79 Å². The third-order valence-electron chi connectivity index (χ3n) is 4.60. The number of nitrogen functional groups attached to an aromatic ring is 1. The topological polar surface area (TPSA) is 203 Å². The number of cyclic esters (lactones) is 1. The summed E-state index contributed by atoms with van der Waals surface area (Å²) in [6.45, 7) is 2.40. The summed E-state index contributed by atoms with van der Waals surface area (Å²) in [6, 6.07) is -1.53. The molecule has 2 aliphatic heterocycles. The van der Waals surface area contributed by atoms with E-state index in [1.165, 1.54) is 24.1 Å².